The molecule has 45 heavy (non-hydrogen) atoms. The molecule has 4 aromatic rings. The van der Waals surface area contributed by atoms with E-state index in [1.165, 1.54) is 5.56 Å². The second kappa shape index (κ2) is 14.7. The number of piperazine rings is 1. The summed E-state index contributed by atoms with van der Waals surface area (Å²) >= 11 is 0. The number of aliphatic hydroxyl groups is 1. The van der Waals surface area contributed by atoms with E-state index in [1.807, 2.05) is 43.6 Å². The Labute approximate surface area is 256 Å². The number of aliphatic carboxylic acids is 1. The van der Waals surface area contributed by atoms with Crippen molar-refractivity contribution in [3.05, 3.63) is 66.2 Å². The summed E-state index contributed by atoms with van der Waals surface area (Å²) in [6.45, 7) is 6.57. The molecule has 4 aromatic heterocycles. The summed E-state index contributed by atoms with van der Waals surface area (Å²) in [4.78, 5) is 22.7. The SMILES string of the molecule is CCC(O)COc1cc(-c2ccc(N3CCN(Cc4ccc(OC)nc4)CC3)nc2)c2c(C#N)cnn2c1.O=C(O)C(F)(F)F. The van der Waals surface area contributed by atoms with Gasteiger partial charge in [0.15, 0.2) is 0 Å². The van der Waals surface area contributed by atoms with Crippen molar-refractivity contribution in [3.8, 4) is 28.8 Å². The van der Waals surface area contributed by atoms with Crippen LogP contribution in [-0.2, 0) is 11.3 Å². The molecule has 5 heterocycles. The minimum atomic E-state index is -5.08. The van der Waals surface area contributed by atoms with E-state index in [0.717, 1.165) is 49.7 Å². The number of hydrogen-bond donors (Lipinski definition) is 2. The first-order chi connectivity index (χ1) is 21.5. The van der Waals surface area contributed by atoms with Crippen LogP contribution in [0.1, 0.15) is 24.5 Å². The van der Waals surface area contributed by atoms with Gasteiger partial charge in [-0.15, -0.1) is 0 Å². The van der Waals surface area contributed by atoms with Crippen molar-refractivity contribution < 1.29 is 37.7 Å². The Bertz CT molecular complexity index is 1610. The quantitative estimate of drug-likeness (QED) is 0.279. The van der Waals surface area contributed by atoms with E-state index < -0.39 is 18.2 Å². The first kappa shape index (κ1) is 33.0. The van der Waals surface area contributed by atoms with Gasteiger partial charge in [-0.25, -0.2) is 19.3 Å². The molecule has 1 unspecified atom stereocenters. The van der Waals surface area contributed by atoms with Gasteiger partial charge in [0.2, 0.25) is 5.88 Å². The van der Waals surface area contributed by atoms with Crippen molar-refractivity contribution in [1.82, 2.24) is 24.5 Å². The fraction of sp³-hybridized carbons (Fsp3) is 0.367. The molecule has 2 N–H and O–H groups in total. The molecule has 0 spiro atoms. The predicted octanol–water partition coefficient (Wildman–Crippen LogP) is 3.78. The number of carbonyl (C=O) groups is 1. The van der Waals surface area contributed by atoms with Crippen LogP contribution in [0.4, 0.5) is 19.0 Å². The number of nitriles is 1. The van der Waals surface area contributed by atoms with Crippen LogP contribution in [-0.4, -0.2) is 92.8 Å². The summed E-state index contributed by atoms with van der Waals surface area (Å²) in [7, 11) is 1.62. The third kappa shape index (κ3) is 8.58. The highest BCUT2D eigenvalue weighted by atomic mass is 19.4. The van der Waals surface area contributed by atoms with Crippen LogP contribution in [0.25, 0.3) is 16.6 Å². The van der Waals surface area contributed by atoms with E-state index in [1.54, 1.807) is 24.0 Å². The Kier molecular flexibility index (Phi) is 10.8. The van der Waals surface area contributed by atoms with Crippen LogP contribution in [0.5, 0.6) is 11.6 Å². The van der Waals surface area contributed by atoms with Crippen molar-refractivity contribution in [3.63, 3.8) is 0 Å². The zero-order valence-corrected chi connectivity index (χ0v) is 24.6. The standard InChI is InChI=1S/C28H31N7O3.C2HF3O2/c1-3-23(36)19-38-24-12-25(28-22(13-29)16-32-35(28)18-24)21-5-6-26(30-15-21)34-10-8-33(9-11-34)17-20-4-7-27(37-2)31-14-20;3-2(4,5)1(6)7/h4-7,12,14-16,18,23,36H,3,8-11,17,19H2,1-2H3;(H,6,7). The van der Waals surface area contributed by atoms with E-state index in [0.29, 0.717) is 29.1 Å². The number of rotatable bonds is 9. The maximum Gasteiger partial charge on any atom is 0.490 e. The van der Waals surface area contributed by atoms with Gasteiger partial charge in [-0.3, -0.25) is 4.90 Å². The minimum Gasteiger partial charge on any atom is -0.489 e. The number of halogens is 3. The van der Waals surface area contributed by atoms with Crippen LogP contribution < -0.4 is 14.4 Å². The maximum atomic E-state index is 10.6. The molecule has 0 aromatic carbocycles. The Hall–Kier alpha value is -4.94. The van der Waals surface area contributed by atoms with Crippen LogP contribution >= 0.6 is 0 Å². The number of anilines is 1. The highest BCUT2D eigenvalue weighted by Gasteiger charge is 2.38. The number of nitrogens with zero attached hydrogens (tertiary/aromatic N) is 7. The average Bonchev–Trinajstić information content (AvgIpc) is 3.47. The molecule has 0 radical (unpaired) electrons. The molecule has 15 heteroatoms. The van der Waals surface area contributed by atoms with Crippen molar-refractivity contribution in [2.24, 2.45) is 0 Å². The third-order valence-electron chi connectivity index (χ3n) is 7.03. The van der Waals surface area contributed by atoms with Crippen molar-refractivity contribution in [2.75, 3.05) is 44.8 Å². The van der Waals surface area contributed by atoms with Crippen LogP contribution in [0, 0.1) is 11.3 Å². The van der Waals surface area contributed by atoms with Gasteiger partial charge >= 0.3 is 12.1 Å². The van der Waals surface area contributed by atoms with E-state index in [9.17, 15) is 23.5 Å². The molecule has 1 aliphatic rings. The Morgan fingerprint density at radius 3 is 2.40 bits per heavy atom. The number of pyridine rings is 3. The van der Waals surface area contributed by atoms with Gasteiger partial charge in [0.25, 0.3) is 0 Å². The number of methoxy groups -OCH3 is 1. The number of fused-ring (bicyclic) bond motifs is 1. The molecule has 1 fully saturated rings. The second-order valence-electron chi connectivity index (χ2n) is 10.1. The molecular formula is C30H32F3N7O5. The first-order valence-corrected chi connectivity index (χ1v) is 14.0. The van der Waals surface area contributed by atoms with Gasteiger partial charge < -0.3 is 24.6 Å². The normalized spacial score (nSPS) is 14.3. The van der Waals surface area contributed by atoms with E-state index in [4.69, 9.17) is 24.4 Å². The molecular weight excluding hydrogens is 595 g/mol. The largest absolute Gasteiger partial charge is 0.490 e. The molecule has 1 aliphatic heterocycles. The summed E-state index contributed by atoms with van der Waals surface area (Å²) in [6.07, 6.45) is 1.95. The monoisotopic (exact) mass is 627 g/mol. The zero-order chi connectivity index (χ0) is 32.6. The lowest BCUT2D eigenvalue weighted by molar-refractivity contribution is -0.192. The molecule has 1 atom stereocenters. The molecule has 0 aliphatic carbocycles. The number of aromatic nitrogens is 4. The number of aliphatic hydroxyl groups excluding tert-OH is 1. The van der Waals surface area contributed by atoms with Crippen LogP contribution in [0.3, 0.4) is 0 Å². The highest BCUT2D eigenvalue weighted by molar-refractivity contribution is 5.85. The van der Waals surface area contributed by atoms with Gasteiger partial charge in [0.05, 0.1) is 36.7 Å². The average molecular weight is 628 g/mol. The topological polar surface area (TPSA) is 149 Å². The molecule has 12 nitrogen and oxygen atoms in total. The highest BCUT2D eigenvalue weighted by Crippen LogP contribution is 2.31. The number of carboxylic acids is 1. The minimum absolute atomic E-state index is 0.186. The van der Waals surface area contributed by atoms with Gasteiger partial charge in [-0.1, -0.05) is 13.0 Å². The summed E-state index contributed by atoms with van der Waals surface area (Å²) in [5.74, 6) is -0.643. The van der Waals surface area contributed by atoms with Gasteiger partial charge in [-0.05, 0) is 30.2 Å². The number of alkyl halides is 3. The summed E-state index contributed by atoms with van der Waals surface area (Å²) in [5.41, 5.74) is 4.02. The molecule has 0 saturated carbocycles. The van der Waals surface area contributed by atoms with E-state index in [2.05, 4.69) is 32.0 Å². The second-order valence-corrected chi connectivity index (χ2v) is 10.1. The predicted molar refractivity (Wildman–Crippen MR) is 157 cm³/mol. The smallest absolute Gasteiger partial charge is 0.489 e. The number of ether oxygens (including phenoxy) is 2. The fourth-order valence-corrected chi connectivity index (χ4v) is 4.54. The lowest BCUT2D eigenvalue weighted by Gasteiger charge is -2.35. The number of carboxylic acid groups (broad SMARTS) is 1. The Morgan fingerprint density at radius 2 is 1.84 bits per heavy atom. The lowest BCUT2D eigenvalue weighted by Crippen LogP contribution is -2.46. The van der Waals surface area contributed by atoms with Gasteiger partial charge in [0.1, 0.15) is 24.2 Å². The van der Waals surface area contributed by atoms with Gasteiger partial charge in [-0.2, -0.15) is 23.5 Å². The lowest BCUT2D eigenvalue weighted by atomic mass is 10.1. The van der Waals surface area contributed by atoms with E-state index in [-0.39, 0.29) is 6.61 Å². The van der Waals surface area contributed by atoms with Gasteiger partial charge in [0, 0.05) is 62.3 Å². The number of hydrogen-bond acceptors (Lipinski definition) is 10. The van der Waals surface area contributed by atoms with Crippen LogP contribution in [0.2, 0.25) is 0 Å². The first-order valence-electron chi connectivity index (χ1n) is 14.0. The van der Waals surface area contributed by atoms with E-state index >= 15 is 0 Å². The maximum absolute atomic E-state index is 10.6. The zero-order valence-electron chi connectivity index (χ0n) is 24.6. The third-order valence-corrected chi connectivity index (χ3v) is 7.03. The molecule has 1 saturated heterocycles. The van der Waals surface area contributed by atoms with Crippen molar-refractivity contribution in [2.45, 2.75) is 32.2 Å². The Morgan fingerprint density at radius 1 is 1.11 bits per heavy atom. The Balaban J connectivity index is 0.000000591. The molecule has 0 bridgehead atoms. The molecule has 5 rings (SSSR count). The van der Waals surface area contributed by atoms with Crippen molar-refractivity contribution in [1.29, 1.82) is 5.26 Å². The molecule has 0 amide bonds. The fourth-order valence-electron chi connectivity index (χ4n) is 4.54. The summed E-state index contributed by atoms with van der Waals surface area (Å²) in [5, 5.41) is 31.0. The van der Waals surface area contributed by atoms with Crippen LogP contribution in [0.15, 0.2) is 55.1 Å². The van der Waals surface area contributed by atoms with Crippen molar-refractivity contribution >= 4 is 17.3 Å². The molecule has 238 valence electrons. The summed E-state index contributed by atoms with van der Waals surface area (Å²) < 4.78 is 44.3. The summed E-state index contributed by atoms with van der Waals surface area (Å²) in [6, 6.07) is 12.1.